The second-order valence-electron chi connectivity index (χ2n) is 4.52. The molecule has 112 valence electrons. The molecule has 6 heteroatoms. The van der Waals surface area contributed by atoms with E-state index in [9.17, 15) is 0 Å². The predicted molar refractivity (Wildman–Crippen MR) is 96.6 cm³/mol. The van der Waals surface area contributed by atoms with Crippen molar-refractivity contribution in [1.29, 1.82) is 0 Å². The first-order valence-corrected chi connectivity index (χ1v) is 8.53. The standard InChI is InChI=1S/C15H17BrIN3O/c1-3-18-15-14(17)12(9-21-2)19-13(20-15)8-10-5-4-6-11(16)7-10/h4-7H,3,8-9H2,1-2H3,(H,18,19,20). The van der Waals surface area contributed by atoms with Crippen LogP contribution >= 0.6 is 38.5 Å². The van der Waals surface area contributed by atoms with E-state index in [1.54, 1.807) is 7.11 Å². The molecule has 0 atom stereocenters. The van der Waals surface area contributed by atoms with Gasteiger partial charge in [-0.05, 0) is 47.2 Å². The van der Waals surface area contributed by atoms with Crippen molar-refractivity contribution in [1.82, 2.24) is 9.97 Å². The van der Waals surface area contributed by atoms with E-state index in [0.717, 1.165) is 31.9 Å². The highest BCUT2D eigenvalue weighted by molar-refractivity contribution is 14.1. The Morgan fingerprint density at radius 3 is 2.81 bits per heavy atom. The molecule has 4 nitrogen and oxygen atoms in total. The molecule has 0 radical (unpaired) electrons. The SMILES string of the molecule is CCNc1nc(Cc2cccc(Br)c2)nc(COC)c1I. The first kappa shape index (κ1) is 16.6. The fourth-order valence-electron chi connectivity index (χ4n) is 1.97. The zero-order valence-electron chi connectivity index (χ0n) is 12.0. The minimum absolute atomic E-state index is 0.491. The molecule has 2 aromatic rings. The average Bonchev–Trinajstić information content (AvgIpc) is 2.44. The maximum atomic E-state index is 5.24. The highest BCUT2D eigenvalue weighted by Gasteiger charge is 2.12. The second-order valence-corrected chi connectivity index (χ2v) is 6.51. The van der Waals surface area contributed by atoms with E-state index in [1.807, 2.05) is 12.1 Å². The van der Waals surface area contributed by atoms with Gasteiger partial charge in [0.1, 0.15) is 11.6 Å². The predicted octanol–water partition coefficient (Wildman–Crippen LogP) is 4.01. The molecule has 1 N–H and O–H groups in total. The molecular formula is C15H17BrIN3O. The van der Waals surface area contributed by atoms with Crippen LogP contribution in [0.4, 0.5) is 5.82 Å². The number of ether oxygens (including phenoxy) is 1. The van der Waals surface area contributed by atoms with Gasteiger partial charge in [-0.25, -0.2) is 9.97 Å². The highest BCUT2D eigenvalue weighted by Crippen LogP contribution is 2.21. The lowest BCUT2D eigenvalue weighted by Crippen LogP contribution is -2.10. The summed E-state index contributed by atoms with van der Waals surface area (Å²) in [6.45, 7) is 3.38. The Labute approximate surface area is 147 Å². The van der Waals surface area contributed by atoms with Gasteiger partial charge in [-0.1, -0.05) is 28.1 Å². The van der Waals surface area contributed by atoms with Crippen molar-refractivity contribution in [2.75, 3.05) is 19.0 Å². The zero-order valence-corrected chi connectivity index (χ0v) is 15.7. The number of hydrogen-bond acceptors (Lipinski definition) is 4. The van der Waals surface area contributed by atoms with Crippen LogP contribution in [0.1, 0.15) is 24.0 Å². The molecule has 0 aliphatic heterocycles. The van der Waals surface area contributed by atoms with Crippen molar-refractivity contribution >= 4 is 44.3 Å². The molecule has 2 rings (SSSR count). The number of nitrogens with one attached hydrogen (secondary N) is 1. The molecular weight excluding hydrogens is 445 g/mol. The van der Waals surface area contributed by atoms with Crippen molar-refractivity contribution in [2.45, 2.75) is 20.0 Å². The molecule has 1 aromatic heterocycles. The topological polar surface area (TPSA) is 47.0 Å². The summed E-state index contributed by atoms with van der Waals surface area (Å²) in [5.74, 6) is 1.68. The van der Waals surface area contributed by atoms with Gasteiger partial charge in [0.25, 0.3) is 0 Å². The molecule has 0 amide bonds. The normalized spacial score (nSPS) is 10.7. The number of anilines is 1. The van der Waals surface area contributed by atoms with Gasteiger partial charge in [-0.3, -0.25) is 0 Å². The smallest absolute Gasteiger partial charge is 0.143 e. The lowest BCUT2D eigenvalue weighted by molar-refractivity contribution is 0.180. The lowest BCUT2D eigenvalue weighted by Gasteiger charge is -2.12. The third kappa shape index (κ3) is 4.62. The molecule has 0 saturated carbocycles. The molecule has 0 bridgehead atoms. The molecule has 0 aliphatic rings. The maximum absolute atomic E-state index is 5.24. The molecule has 0 unspecified atom stereocenters. The highest BCUT2D eigenvalue weighted by atomic mass is 127. The number of hydrogen-bond donors (Lipinski definition) is 1. The lowest BCUT2D eigenvalue weighted by atomic mass is 10.1. The summed E-state index contributed by atoms with van der Waals surface area (Å²) in [4.78, 5) is 9.26. The molecule has 0 spiro atoms. The van der Waals surface area contributed by atoms with Gasteiger partial charge in [0.15, 0.2) is 0 Å². The summed E-state index contributed by atoms with van der Waals surface area (Å²) in [6, 6.07) is 8.20. The Morgan fingerprint density at radius 1 is 1.33 bits per heavy atom. The largest absolute Gasteiger partial charge is 0.378 e. The van der Waals surface area contributed by atoms with Gasteiger partial charge in [0.2, 0.25) is 0 Å². The number of aromatic nitrogens is 2. The van der Waals surface area contributed by atoms with Gasteiger partial charge in [0.05, 0.1) is 15.9 Å². The molecule has 0 fully saturated rings. The van der Waals surface area contributed by atoms with Crippen molar-refractivity contribution in [3.63, 3.8) is 0 Å². The van der Waals surface area contributed by atoms with E-state index < -0.39 is 0 Å². The number of rotatable bonds is 6. The maximum Gasteiger partial charge on any atom is 0.143 e. The minimum Gasteiger partial charge on any atom is -0.378 e. The third-order valence-electron chi connectivity index (χ3n) is 2.84. The van der Waals surface area contributed by atoms with Crippen molar-refractivity contribution in [3.05, 3.63) is 49.4 Å². The minimum atomic E-state index is 0.491. The first-order chi connectivity index (χ1) is 10.1. The van der Waals surface area contributed by atoms with E-state index in [4.69, 9.17) is 4.74 Å². The number of methoxy groups -OCH3 is 1. The van der Waals surface area contributed by atoms with Crippen LogP contribution in [0.15, 0.2) is 28.7 Å². The van der Waals surface area contributed by atoms with Crippen LogP contribution in [0.3, 0.4) is 0 Å². The van der Waals surface area contributed by atoms with Gasteiger partial charge in [-0.2, -0.15) is 0 Å². The fraction of sp³-hybridized carbons (Fsp3) is 0.333. The van der Waals surface area contributed by atoms with Crippen LogP contribution in [0.2, 0.25) is 0 Å². The molecule has 0 aliphatic carbocycles. The Hall–Kier alpha value is -0.730. The molecule has 21 heavy (non-hydrogen) atoms. The summed E-state index contributed by atoms with van der Waals surface area (Å²) < 4.78 is 7.32. The molecule has 1 heterocycles. The summed E-state index contributed by atoms with van der Waals surface area (Å²) in [7, 11) is 1.68. The van der Waals surface area contributed by atoms with E-state index in [1.165, 1.54) is 5.56 Å². The van der Waals surface area contributed by atoms with E-state index in [-0.39, 0.29) is 0 Å². The van der Waals surface area contributed by atoms with Crippen LogP contribution in [0.5, 0.6) is 0 Å². The monoisotopic (exact) mass is 461 g/mol. The van der Waals surface area contributed by atoms with Crippen molar-refractivity contribution in [2.24, 2.45) is 0 Å². The van der Waals surface area contributed by atoms with Gasteiger partial charge in [0, 0.05) is 24.5 Å². The van der Waals surface area contributed by atoms with Gasteiger partial charge < -0.3 is 10.1 Å². The molecule has 0 saturated heterocycles. The van der Waals surface area contributed by atoms with E-state index in [2.05, 4.69) is 72.9 Å². The summed E-state index contributed by atoms with van der Waals surface area (Å²) >= 11 is 5.76. The summed E-state index contributed by atoms with van der Waals surface area (Å²) in [5, 5.41) is 3.29. The summed E-state index contributed by atoms with van der Waals surface area (Å²) in [5.41, 5.74) is 2.10. The van der Waals surface area contributed by atoms with Crippen LogP contribution in [0.25, 0.3) is 0 Å². The van der Waals surface area contributed by atoms with Gasteiger partial charge >= 0.3 is 0 Å². The van der Waals surface area contributed by atoms with Crippen molar-refractivity contribution in [3.8, 4) is 0 Å². The first-order valence-electron chi connectivity index (χ1n) is 6.66. The van der Waals surface area contributed by atoms with Crippen LogP contribution < -0.4 is 5.32 Å². The second kappa shape index (κ2) is 8.05. The average molecular weight is 462 g/mol. The van der Waals surface area contributed by atoms with E-state index >= 15 is 0 Å². The Kier molecular flexibility index (Phi) is 6.38. The Balaban J connectivity index is 2.33. The Morgan fingerprint density at radius 2 is 2.14 bits per heavy atom. The van der Waals surface area contributed by atoms with Crippen LogP contribution in [0, 0.1) is 3.57 Å². The number of nitrogens with zero attached hydrogens (tertiary/aromatic N) is 2. The zero-order chi connectivity index (χ0) is 15.2. The number of benzene rings is 1. The van der Waals surface area contributed by atoms with Crippen molar-refractivity contribution < 1.29 is 4.74 Å². The Bertz CT molecular complexity index is 595. The third-order valence-corrected chi connectivity index (χ3v) is 4.47. The quantitative estimate of drug-likeness (QED) is 0.660. The molecule has 1 aromatic carbocycles. The number of halogens is 2. The van der Waals surface area contributed by atoms with E-state index in [0.29, 0.717) is 13.0 Å². The fourth-order valence-corrected chi connectivity index (χ4v) is 3.00. The van der Waals surface area contributed by atoms with Gasteiger partial charge in [-0.15, -0.1) is 0 Å². The van der Waals surface area contributed by atoms with Crippen LogP contribution in [-0.4, -0.2) is 23.6 Å². The van der Waals surface area contributed by atoms with Crippen LogP contribution in [-0.2, 0) is 17.8 Å². The summed E-state index contributed by atoms with van der Waals surface area (Å²) in [6.07, 6.45) is 0.700.